The van der Waals surface area contributed by atoms with Crippen LogP contribution in [-0.4, -0.2) is 73.3 Å². The van der Waals surface area contributed by atoms with Crippen LogP contribution in [0.25, 0.3) is 0 Å². The van der Waals surface area contributed by atoms with Gasteiger partial charge in [0, 0.05) is 5.69 Å². The third-order valence-electron chi connectivity index (χ3n) is 4.82. The quantitative estimate of drug-likeness (QED) is 0.233. The molecule has 1 heterocycles. The van der Waals surface area contributed by atoms with E-state index in [0.29, 0.717) is 48.9 Å². The number of quaternary nitrogens is 1. The lowest BCUT2D eigenvalue weighted by Crippen LogP contribution is -3.00. The average molecular weight is 529 g/mol. The summed E-state index contributed by atoms with van der Waals surface area (Å²) in [6.07, 6.45) is 0. The number of anilines is 3. The molecule has 35 heavy (non-hydrogen) atoms. The number of carbonyl (C=O) groups is 2. The lowest BCUT2D eigenvalue weighted by atomic mass is 10.2. The zero-order valence-corrected chi connectivity index (χ0v) is 21.9. The molecule has 0 radical (unpaired) electrons. The number of ether oxygens (including phenoxy) is 1. The van der Waals surface area contributed by atoms with Gasteiger partial charge in [-0.25, -0.2) is 14.8 Å². The van der Waals surface area contributed by atoms with Gasteiger partial charge in [-0.15, -0.1) is 0 Å². The van der Waals surface area contributed by atoms with Crippen molar-refractivity contribution in [1.29, 1.82) is 0 Å². The molecule has 0 unspecified atom stereocenters. The fraction of sp³-hybridized carbons (Fsp3) is 0.455. The van der Waals surface area contributed by atoms with Crippen molar-refractivity contribution in [2.45, 2.75) is 13.8 Å². The number of likely N-dealkylation sites (N-methyl/N-ethyl adjacent to an activating group) is 1. The van der Waals surface area contributed by atoms with E-state index in [0.717, 1.165) is 5.75 Å². The zero-order valence-electron chi connectivity index (χ0n) is 20.4. The first-order valence-corrected chi connectivity index (χ1v) is 11.3. The topological polar surface area (TPSA) is 157 Å². The number of nitrogens with two attached hydrogens (primary N) is 2. The van der Waals surface area contributed by atoms with E-state index < -0.39 is 5.91 Å². The summed E-state index contributed by atoms with van der Waals surface area (Å²) in [4.78, 5) is 32.2. The van der Waals surface area contributed by atoms with E-state index in [-0.39, 0.29) is 40.9 Å². The maximum Gasteiger partial charge on any atom is 0.319 e. The normalized spacial score (nSPS) is 10.9. The molecule has 0 spiro atoms. The molecule has 0 aliphatic carbocycles. The predicted molar refractivity (Wildman–Crippen MR) is 134 cm³/mol. The van der Waals surface area contributed by atoms with Crippen LogP contribution in [0.5, 0.6) is 5.75 Å². The molecule has 0 saturated carbocycles. The maximum absolute atomic E-state index is 12.3. The van der Waals surface area contributed by atoms with E-state index in [9.17, 15) is 9.59 Å². The Morgan fingerprint density at radius 1 is 1.03 bits per heavy atom. The highest BCUT2D eigenvalue weighted by Crippen LogP contribution is 2.17. The first-order valence-electron chi connectivity index (χ1n) is 10.9. The molecule has 2 aromatic rings. The van der Waals surface area contributed by atoms with Gasteiger partial charge in [-0.3, -0.25) is 4.79 Å². The molecule has 0 bridgehead atoms. The van der Waals surface area contributed by atoms with Gasteiger partial charge >= 0.3 is 6.03 Å². The largest absolute Gasteiger partial charge is 1.00 e. The summed E-state index contributed by atoms with van der Waals surface area (Å²) in [7, 11) is 3.99. The predicted octanol–water partition coefficient (Wildman–Crippen LogP) is -1.04. The number of nitrogens with one attached hydrogen (secondary N) is 3. The number of hydrogen-bond donors (Lipinski definition) is 5. The van der Waals surface area contributed by atoms with Gasteiger partial charge in [0.15, 0.2) is 22.5 Å². The van der Waals surface area contributed by atoms with Gasteiger partial charge < -0.3 is 49.0 Å². The first kappa shape index (κ1) is 30.0. The molecule has 13 heteroatoms. The van der Waals surface area contributed by atoms with E-state index in [1.807, 2.05) is 26.2 Å². The van der Waals surface area contributed by atoms with Crippen molar-refractivity contribution in [3.63, 3.8) is 0 Å². The molecule has 0 aliphatic heterocycles. The number of nitrogen functional groups attached to an aromatic ring is 2. The molecule has 7 N–H and O–H groups in total. The minimum Gasteiger partial charge on any atom is -1.00 e. The number of carbonyl (C=O) groups excluding carboxylic acids is 2. The highest BCUT2D eigenvalue weighted by molar-refractivity contribution is 6.31. The third-order valence-corrected chi connectivity index (χ3v) is 5.10. The van der Waals surface area contributed by atoms with Crippen LogP contribution in [0.2, 0.25) is 5.15 Å². The Hall–Kier alpha value is -3.02. The number of hydrogen-bond acceptors (Lipinski definition) is 7. The highest BCUT2D eigenvalue weighted by Gasteiger charge is 2.19. The molecule has 11 nitrogen and oxygen atoms in total. The van der Waals surface area contributed by atoms with Crippen molar-refractivity contribution in [1.82, 2.24) is 20.6 Å². The van der Waals surface area contributed by atoms with E-state index in [1.54, 1.807) is 12.1 Å². The monoisotopic (exact) mass is 528 g/mol. The second-order valence-electron chi connectivity index (χ2n) is 8.88. The molecule has 0 atom stereocenters. The Bertz CT molecular complexity index is 987. The standard InChI is InChI=1S/C22H33ClN8O3.ClH/c1-14(2)13-34-16-7-5-15(6-8-16)28-22(33)27-10-12-31(3,4)11-9-26-21(32)17-19(24)30-20(25)18(23)29-17;/h5-8,14H,9-13H2,1-4H3,(H6-,24,25,26,27,28,30,32,33);1H. The number of halogens is 2. The number of amides is 3. The summed E-state index contributed by atoms with van der Waals surface area (Å²) in [5.41, 5.74) is 11.8. The second kappa shape index (κ2) is 13.8. The summed E-state index contributed by atoms with van der Waals surface area (Å²) < 4.78 is 6.20. The Labute approximate surface area is 216 Å². The molecular formula is C22H34Cl2N8O3. The van der Waals surface area contributed by atoms with Crippen molar-refractivity contribution in [3.05, 3.63) is 35.1 Å². The number of aromatic nitrogens is 2. The van der Waals surface area contributed by atoms with Crippen molar-refractivity contribution >= 4 is 40.9 Å². The van der Waals surface area contributed by atoms with Gasteiger partial charge in [0.05, 0.1) is 46.9 Å². The summed E-state index contributed by atoms with van der Waals surface area (Å²) >= 11 is 5.82. The third kappa shape index (κ3) is 10.4. The van der Waals surface area contributed by atoms with Crippen molar-refractivity contribution in [2.24, 2.45) is 5.92 Å². The average Bonchev–Trinajstić information content (AvgIpc) is 2.75. The molecule has 0 saturated heterocycles. The van der Waals surface area contributed by atoms with E-state index in [2.05, 4.69) is 39.8 Å². The number of rotatable bonds is 11. The number of urea groups is 1. The van der Waals surface area contributed by atoms with E-state index in [1.165, 1.54) is 0 Å². The fourth-order valence-corrected chi connectivity index (χ4v) is 2.95. The van der Waals surface area contributed by atoms with Crippen LogP contribution in [0.3, 0.4) is 0 Å². The minimum absolute atomic E-state index is 0. The van der Waals surface area contributed by atoms with Crippen molar-refractivity contribution in [2.75, 3.05) is 63.7 Å². The van der Waals surface area contributed by atoms with Gasteiger partial charge in [-0.1, -0.05) is 25.4 Å². The molecule has 194 valence electrons. The van der Waals surface area contributed by atoms with Gasteiger partial charge in [0.1, 0.15) is 5.75 Å². The van der Waals surface area contributed by atoms with Crippen LogP contribution >= 0.6 is 11.6 Å². The van der Waals surface area contributed by atoms with Crippen LogP contribution < -0.4 is 44.6 Å². The lowest BCUT2D eigenvalue weighted by molar-refractivity contribution is -0.887. The number of nitrogens with zero attached hydrogens (tertiary/aromatic N) is 3. The second-order valence-corrected chi connectivity index (χ2v) is 9.24. The Morgan fingerprint density at radius 3 is 2.23 bits per heavy atom. The summed E-state index contributed by atoms with van der Waals surface area (Å²) in [6, 6.07) is 6.94. The molecule has 0 aliphatic rings. The van der Waals surface area contributed by atoms with Gasteiger partial charge in [-0.05, 0) is 30.2 Å². The summed E-state index contributed by atoms with van der Waals surface area (Å²) in [5.74, 6) is 0.613. The smallest absolute Gasteiger partial charge is 0.319 e. The summed E-state index contributed by atoms with van der Waals surface area (Å²) in [6.45, 7) is 6.90. The van der Waals surface area contributed by atoms with E-state index >= 15 is 0 Å². The van der Waals surface area contributed by atoms with Crippen LogP contribution in [0, 0.1) is 5.92 Å². The maximum atomic E-state index is 12.3. The van der Waals surface area contributed by atoms with E-state index in [4.69, 9.17) is 27.8 Å². The van der Waals surface area contributed by atoms with Crippen molar-refractivity contribution < 1.29 is 31.2 Å². The molecular weight excluding hydrogens is 495 g/mol. The molecule has 3 amide bonds. The minimum atomic E-state index is -0.481. The van der Waals surface area contributed by atoms with Crippen LogP contribution in [-0.2, 0) is 0 Å². The molecule has 2 rings (SSSR count). The Morgan fingerprint density at radius 2 is 1.63 bits per heavy atom. The highest BCUT2D eigenvalue weighted by atomic mass is 35.5. The van der Waals surface area contributed by atoms with Gasteiger partial charge in [0.25, 0.3) is 5.91 Å². The molecule has 1 aromatic carbocycles. The van der Waals surface area contributed by atoms with Gasteiger partial charge in [-0.2, -0.15) is 0 Å². The zero-order chi connectivity index (χ0) is 25.3. The fourth-order valence-electron chi connectivity index (χ4n) is 2.82. The molecule has 0 fully saturated rings. The first-order chi connectivity index (χ1) is 16.0. The summed E-state index contributed by atoms with van der Waals surface area (Å²) in [5, 5.41) is 8.31. The van der Waals surface area contributed by atoms with Crippen LogP contribution in [0.15, 0.2) is 24.3 Å². The SMILES string of the molecule is CC(C)COc1ccc(NC(=O)NCC[N+](C)(C)CCNC(=O)c2nc(Cl)c(N)nc2N)cc1.[Cl-]. The lowest BCUT2D eigenvalue weighted by Gasteiger charge is -2.29. The van der Waals surface area contributed by atoms with Crippen LogP contribution in [0.1, 0.15) is 24.3 Å². The Balaban J connectivity index is 0.00000612. The number of benzene rings is 1. The molecule has 1 aromatic heterocycles. The van der Waals surface area contributed by atoms with Gasteiger partial charge in [0.2, 0.25) is 0 Å². The van der Waals surface area contributed by atoms with Crippen LogP contribution in [0.4, 0.5) is 22.1 Å². The van der Waals surface area contributed by atoms with Crippen molar-refractivity contribution in [3.8, 4) is 5.75 Å². The Kier molecular flexibility index (Phi) is 11.8.